The number of hydrogen-bond donors (Lipinski definition) is 2. The van der Waals surface area contributed by atoms with Gasteiger partial charge in [0.1, 0.15) is 0 Å². The zero-order valence-electron chi connectivity index (χ0n) is 13.0. The quantitative estimate of drug-likeness (QED) is 0.333. The Bertz CT molecular complexity index is 938. The molecule has 2 aromatic rings. The molecule has 2 rings (SSSR count). The number of aliphatic carboxylic acids is 2. The molecule has 0 saturated carbocycles. The van der Waals surface area contributed by atoms with Gasteiger partial charge in [0.25, 0.3) is 0 Å². The molecule has 0 aliphatic rings. The van der Waals surface area contributed by atoms with Crippen molar-refractivity contribution in [2.24, 2.45) is 0 Å². The first-order valence-corrected chi connectivity index (χ1v) is 6.75. The number of carboxylic acids is 2. The predicted octanol–water partition coefficient (Wildman–Crippen LogP) is 3.53. The summed E-state index contributed by atoms with van der Waals surface area (Å²) >= 11 is 0. The number of carboxylic acid groups (broad SMARTS) is 2. The normalized spacial score (nSPS) is 11.7. The third-order valence-corrected chi connectivity index (χ3v) is 3.81. The SMILES string of the molecule is O=C(O)C(C(=O)O)(c1c(F)c(F)c(F)c(F)c1F)c1c(F)c(F)c(F)c(F)c1F. The summed E-state index contributed by atoms with van der Waals surface area (Å²) in [5.74, 6) is -36.8. The maximum Gasteiger partial charge on any atom is 0.330 e. The molecule has 0 bridgehead atoms. The summed E-state index contributed by atoms with van der Waals surface area (Å²) in [6, 6.07) is 0. The predicted molar refractivity (Wildman–Crippen MR) is 68.5 cm³/mol. The van der Waals surface area contributed by atoms with E-state index in [2.05, 4.69) is 0 Å². The van der Waals surface area contributed by atoms with Gasteiger partial charge in [0, 0.05) is 0 Å². The molecule has 0 amide bonds. The molecule has 4 nitrogen and oxygen atoms in total. The molecule has 29 heavy (non-hydrogen) atoms. The Morgan fingerprint density at radius 1 is 0.448 bits per heavy atom. The first kappa shape index (κ1) is 22.0. The second kappa shape index (κ2) is 6.93. The second-order valence-electron chi connectivity index (χ2n) is 5.25. The lowest BCUT2D eigenvalue weighted by Gasteiger charge is -2.28. The van der Waals surface area contributed by atoms with Crippen LogP contribution in [0.25, 0.3) is 0 Å². The molecule has 0 spiro atoms. The van der Waals surface area contributed by atoms with Gasteiger partial charge in [-0.05, 0) is 0 Å². The van der Waals surface area contributed by atoms with Crippen molar-refractivity contribution in [2.45, 2.75) is 5.41 Å². The molecule has 2 N–H and O–H groups in total. The highest BCUT2D eigenvalue weighted by Gasteiger charge is 2.59. The van der Waals surface area contributed by atoms with Crippen LogP contribution in [-0.4, -0.2) is 22.2 Å². The van der Waals surface area contributed by atoms with E-state index in [1.807, 2.05) is 0 Å². The number of halogens is 10. The average molecular weight is 436 g/mol. The standard InChI is InChI=1S/C15H2F10O4/c16-3-1(4(17)8(21)11(24)7(3)20)15(13(26)27,14(28)29)2-5(18)9(22)12(25)10(23)6(2)19/h(H,26,27)(H,28,29). The van der Waals surface area contributed by atoms with Gasteiger partial charge in [0.05, 0.1) is 11.1 Å². The van der Waals surface area contributed by atoms with E-state index in [-0.39, 0.29) is 0 Å². The molecule has 0 heterocycles. The summed E-state index contributed by atoms with van der Waals surface area (Å²) in [5, 5.41) is 18.4. The number of rotatable bonds is 4. The van der Waals surface area contributed by atoms with Gasteiger partial charge in [0.2, 0.25) is 17.0 Å². The third kappa shape index (κ3) is 2.69. The Balaban J connectivity index is 3.29. The summed E-state index contributed by atoms with van der Waals surface area (Å²) < 4.78 is 137. The maximum absolute atomic E-state index is 14.1. The molecular formula is C15H2F10O4. The molecule has 0 saturated heterocycles. The van der Waals surface area contributed by atoms with Crippen molar-refractivity contribution in [1.82, 2.24) is 0 Å². The van der Waals surface area contributed by atoms with E-state index in [9.17, 15) is 63.7 Å². The monoisotopic (exact) mass is 436 g/mol. The minimum absolute atomic E-state index is 2.88. The fraction of sp³-hybridized carbons (Fsp3) is 0.0667. The van der Waals surface area contributed by atoms with Crippen molar-refractivity contribution >= 4 is 11.9 Å². The third-order valence-electron chi connectivity index (χ3n) is 3.81. The van der Waals surface area contributed by atoms with E-state index in [0.29, 0.717) is 0 Å². The lowest BCUT2D eigenvalue weighted by molar-refractivity contribution is -0.155. The molecule has 0 atom stereocenters. The van der Waals surface area contributed by atoms with E-state index in [4.69, 9.17) is 0 Å². The van der Waals surface area contributed by atoms with E-state index in [1.165, 1.54) is 0 Å². The van der Waals surface area contributed by atoms with Crippen LogP contribution in [-0.2, 0) is 15.0 Å². The van der Waals surface area contributed by atoms with Gasteiger partial charge >= 0.3 is 11.9 Å². The van der Waals surface area contributed by atoms with Crippen LogP contribution in [0.4, 0.5) is 43.9 Å². The minimum atomic E-state index is -4.97. The van der Waals surface area contributed by atoms with E-state index >= 15 is 0 Å². The first-order valence-electron chi connectivity index (χ1n) is 6.75. The lowest BCUT2D eigenvalue weighted by atomic mass is 9.73. The Morgan fingerprint density at radius 3 is 0.793 bits per heavy atom. The fourth-order valence-corrected chi connectivity index (χ4v) is 2.51. The van der Waals surface area contributed by atoms with E-state index in [1.54, 1.807) is 0 Å². The van der Waals surface area contributed by atoms with Crippen LogP contribution in [0.15, 0.2) is 0 Å². The number of carbonyl (C=O) groups is 2. The van der Waals surface area contributed by atoms with Gasteiger partial charge in [-0.25, -0.2) is 43.9 Å². The van der Waals surface area contributed by atoms with Crippen LogP contribution < -0.4 is 0 Å². The Labute approximate surface area is 151 Å². The fourth-order valence-electron chi connectivity index (χ4n) is 2.51. The topological polar surface area (TPSA) is 74.6 Å². The van der Waals surface area contributed by atoms with Crippen LogP contribution in [0.1, 0.15) is 11.1 Å². The van der Waals surface area contributed by atoms with Crippen molar-refractivity contribution in [2.75, 3.05) is 0 Å². The van der Waals surface area contributed by atoms with Crippen molar-refractivity contribution in [3.8, 4) is 0 Å². The zero-order valence-corrected chi connectivity index (χ0v) is 13.0. The smallest absolute Gasteiger partial charge is 0.330 e. The summed E-state index contributed by atoms with van der Waals surface area (Å²) in [5.41, 5.74) is -10.7. The van der Waals surface area contributed by atoms with Gasteiger partial charge in [-0.3, -0.25) is 9.59 Å². The van der Waals surface area contributed by atoms with E-state index in [0.717, 1.165) is 0 Å². The Kier molecular flexibility index (Phi) is 5.25. The van der Waals surface area contributed by atoms with Crippen molar-refractivity contribution < 1.29 is 63.7 Å². The molecule has 0 radical (unpaired) electrons. The van der Waals surface area contributed by atoms with Gasteiger partial charge in [-0.2, -0.15) is 0 Å². The summed E-state index contributed by atoms with van der Waals surface area (Å²) in [6.45, 7) is 0. The van der Waals surface area contributed by atoms with Gasteiger partial charge < -0.3 is 10.2 Å². The molecule has 0 aromatic heterocycles. The number of benzene rings is 2. The lowest BCUT2D eigenvalue weighted by Crippen LogP contribution is -2.48. The largest absolute Gasteiger partial charge is 0.480 e. The van der Waals surface area contributed by atoms with Gasteiger partial charge in [-0.15, -0.1) is 0 Å². The molecular weight excluding hydrogens is 434 g/mol. The highest BCUT2D eigenvalue weighted by Crippen LogP contribution is 2.42. The van der Waals surface area contributed by atoms with Crippen LogP contribution in [0.5, 0.6) is 0 Å². The highest BCUT2D eigenvalue weighted by molar-refractivity contribution is 6.09. The maximum atomic E-state index is 14.1. The Hall–Kier alpha value is -3.32. The second-order valence-corrected chi connectivity index (χ2v) is 5.25. The van der Waals surface area contributed by atoms with Crippen LogP contribution >= 0.6 is 0 Å². The number of hydrogen-bond acceptors (Lipinski definition) is 2. The molecule has 0 unspecified atom stereocenters. The highest BCUT2D eigenvalue weighted by atomic mass is 19.2. The molecule has 2 aromatic carbocycles. The Morgan fingerprint density at radius 2 is 0.621 bits per heavy atom. The van der Waals surface area contributed by atoms with Crippen molar-refractivity contribution in [3.05, 3.63) is 69.3 Å². The molecule has 0 aliphatic heterocycles. The van der Waals surface area contributed by atoms with Gasteiger partial charge in [-0.1, -0.05) is 0 Å². The molecule has 156 valence electrons. The average Bonchev–Trinajstić information content (AvgIpc) is 2.65. The molecule has 0 fully saturated rings. The molecule has 0 aliphatic carbocycles. The molecule has 14 heteroatoms. The van der Waals surface area contributed by atoms with E-state index < -0.39 is 86.7 Å². The summed E-state index contributed by atoms with van der Waals surface area (Å²) in [6.07, 6.45) is 0. The van der Waals surface area contributed by atoms with Crippen molar-refractivity contribution in [3.63, 3.8) is 0 Å². The minimum Gasteiger partial charge on any atom is -0.480 e. The van der Waals surface area contributed by atoms with Crippen LogP contribution in [0.2, 0.25) is 0 Å². The van der Waals surface area contributed by atoms with Gasteiger partial charge in [0.15, 0.2) is 46.5 Å². The summed E-state index contributed by atoms with van der Waals surface area (Å²) in [4.78, 5) is 23.1. The van der Waals surface area contributed by atoms with Crippen LogP contribution in [0, 0.1) is 58.2 Å². The van der Waals surface area contributed by atoms with Crippen molar-refractivity contribution in [1.29, 1.82) is 0 Å². The van der Waals surface area contributed by atoms with Crippen LogP contribution in [0.3, 0.4) is 0 Å². The first-order chi connectivity index (χ1) is 13.2. The summed E-state index contributed by atoms with van der Waals surface area (Å²) in [7, 11) is 0. The zero-order chi connectivity index (χ0) is 22.6.